The van der Waals surface area contributed by atoms with E-state index in [1.807, 2.05) is 48.5 Å². The molecule has 1 aliphatic heterocycles. The Hall–Kier alpha value is -2.00. The monoisotopic (exact) mass is 283 g/mol. The van der Waals surface area contributed by atoms with Crippen LogP contribution in [-0.2, 0) is 0 Å². The molecule has 3 rings (SSSR count). The summed E-state index contributed by atoms with van der Waals surface area (Å²) in [6.45, 7) is 2.57. The van der Waals surface area contributed by atoms with Gasteiger partial charge in [0, 0.05) is 24.3 Å². The highest BCUT2D eigenvalue weighted by Crippen LogP contribution is 2.33. The maximum absolute atomic E-state index is 10.0. The minimum absolute atomic E-state index is 0.321. The lowest BCUT2D eigenvalue weighted by atomic mass is 9.99. The molecule has 2 aromatic rings. The van der Waals surface area contributed by atoms with Crippen molar-refractivity contribution in [1.82, 2.24) is 0 Å². The van der Waals surface area contributed by atoms with Crippen LogP contribution >= 0.6 is 0 Å². The molecule has 0 fully saturated rings. The van der Waals surface area contributed by atoms with Gasteiger partial charge >= 0.3 is 0 Å². The van der Waals surface area contributed by atoms with Gasteiger partial charge in [-0.15, -0.1) is 0 Å². The Morgan fingerprint density at radius 2 is 1.81 bits per heavy atom. The Bertz CT molecular complexity index is 570. The highest BCUT2D eigenvalue weighted by Gasteiger charge is 2.22. The van der Waals surface area contributed by atoms with Crippen molar-refractivity contribution >= 4 is 5.69 Å². The first-order valence-corrected chi connectivity index (χ1v) is 7.54. The van der Waals surface area contributed by atoms with Gasteiger partial charge in [0.2, 0.25) is 0 Å². The molecular formula is C18H21NO2. The van der Waals surface area contributed by atoms with Crippen LogP contribution in [0.15, 0.2) is 54.6 Å². The minimum atomic E-state index is -0.321. The van der Waals surface area contributed by atoms with Crippen molar-refractivity contribution in [3.8, 4) is 5.75 Å². The summed E-state index contributed by atoms with van der Waals surface area (Å²) in [5, 5.41) is 10.0. The molecule has 0 amide bonds. The summed E-state index contributed by atoms with van der Waals surface area (Å²) in [5.74, 6) is 0.923. The molecule has 3 nitrogen and oxygen atoms in total. The van der Waals surface area contributed by atoms with E-state index in [0.717, 1.165) is 42.9 Å². The second kappa shape index (κ2) is 6.64. The Kier molecular flexibility index (Phi) is 4.41. The Labute approximate surface area is 125 Å². The molecule has 1 aliphatic rings. The first-order chi connectivity index (χ1) is 10.3. The highest BCUT2D eigenvalue weighted by molar-refractivity contribution is 5.56. The third-order valence-corrected chi connectivity index (χ3v) is 3.89. The highest BCUT2D eigenvalue weighted by atomic mass is 16.5. The van der Waals surface area contributed by atoms with E-state index in [2.05, 4.69) is 11.0 Å². The lowest BCUT2D eigenvalue weighted by molar-refractivity contribution is 0.164. The molecule has 0 radical (unpaired) electrons. The molecule has 2 aromatic carbocycles. The third-order valence-electron chi connectivity index (χ3n) is 3.89. The molecule has 110 valence electrons. The van der Waals surface area contributed by atoms with Crippen LogP contribution in [0, 0.1) is 0 Å². The van der Waals surface area contributed by atoms with E-state index in [1.165, 1.54) is 0 Å². The van der Waals surface area contributed by atoms with Gasteiger partial charge in [-0.2, -0.15) is 0 Å². The predicted octanol–water partition coefficient (Wildman–Crippen LogP) is 3.40. The van der Waals surface area contributed by atoms with Crippen molar-refractivity contribution in [3.05, 3.63) is 60.2 Å². The number of hydrogen-bond acceptors (Lipinski definition) is 3. The van der Waals surface area contributed by atoms with Crippen molar-refractivity contribution in [1.29, 1.82) is 0 Å². The first-order valence-electron chi connectivity index (χ1n) is 7.54. The van der Waals surface area contributed by atoms with Gasteiger partial charge < -0.3 is 14.7 Å². The van der Waals surface area contributed by atoms with Crippen LogP contribution in [0.3, 0.4) is 0 Å². The first kappa shape index (κ1) is 14.0. The molecular weight excluding hydrogens is 262 g/mol. The van der Waals surface area contributed by atoms with Gasteiger partial charge in [-0.05, 0) is 31.0 Å². The zero-order valence-corrected chi connectivity index (χ0v) is 12.1. The van der Waals surface area contributed by atoms with Gasteiger partial charge in [-0.25, -0.2) is 0 Å². The summed E-state index contributed by atoms with van der Waals surface area (Å²) >= 11 is 0. The summed E-state index contributed by atoms with van der Waals surface area (Å²) in [5.41, 5.74) is 2.21. The van der Waals surface area contributed by atoms with E-state index in [1.54, 1.807) is 0 Å². The minimum Gasteiger partial charge on any atom is -0.494 e. The molecule has 0 bridgehead atoms. The molecule has 0 saturated carbocycles. The Morgan fingerprint density at radius 3 is 2.67 bits per heavy atom. The van der Waals surface area contributed by atoms with Gasteiger partial charge in [-0.3, -0.25) is 0 Å². The summed E-state index contributed by atoms with van der Waals surface area (Å²) < 4.78 is 5.73. The second-order valence-electron chi connectivity index (χ2n) is 5.37. The molecule has 0 aromatic heterocycles. The Balaban J connectivity index is 1.53. The van der Waals surface area contributed by atoms with Gasteiger partial charge in [-0.1, -0.05) is 36.4 Å². The van der Waals surface area contributed by atoms with Crippen LogP contribution in [0.1, 0.15) is 24.5 Å². The summed E-state index contributed by atoms with van der Waals surface area (Å²) in [7, 11) is 0. The number of hydrogen-bond donors (Lipinski definition) is 1. The molecule has 1 N–H and O–H groups in total. The van der Waals surface area contributed by atoms with Crippen molar-refractivity contribution in [2.24, 2.45) is 0 Å². The van der Waals surface area contributed by atoms with E-state index in [0.29, 0.717) is 6.61 Å². The lowest BCUT2D eigenvalue weighted by Crippen LogP contribution is -2.32. The molecule has 21 heavy (non-hydrogen) atoms. The van der Waals surface area contributed by atoms with Crippen molar-refractivity contribution in [3.63, 3.8) is 0 Å². The zero-order valence-electron chi connectivity index (χ0n) is 12.1. The molecule has 0 saturated heterocycles. The SMILES string of the molecule is OC1CCN(CCCOc2ccccc2)c2ccccc21. The van der Waals surface area contributed by atoms with Gasteiger partial charge in [0.25, 0.3) is 0 Å². The normalized spacial score (nSPS) is 17.4. The number of para-hydroxylation sites is 2. The maximum Gasteiger partial charge on any atom is 0.119 e. The average molecular weight is 283 g/mol. The Morgan fingerprint density at radius 1 is 1.05 bits per heavy atom. The van der Waals surface area contributed by atoms with Crippen LogP contribution < -0.4 is 9.64 Å². The zero-order chi connectivity index (χ0) is 14.5. The van der Waals surface area contributed by atoms with Gasteiger partial charge in [0.1, 0.15) is 5.75 Å². The van der Waals surface area contributed by atoms with E-state index in [9.17, 15) is 5.11 Å². The van der Waals surface area contributed by atoms with Crippen LogP contribution in [0.5, 0.6) is 5.75 Å². The van der Waals surface area contributed by atoms with Crippen LogP contribution in [0.25, 0.3) is 0 Å². The number of benzene rings is 2. The van der Waals surface area contributed by atoms with Crippen LogP contribution in [-0.4, -0.2) is 24.8 Å². The number of anilines is 1. The van der Waals surface area contributed by atoms with E-state index >= 15 is 0 Å². The molecule has 3 heteroatoms. The largest absolute Gasteiger partial charge is 0.494 e. The van der Waals surface area contributed by atoms with Crippen molar-refractivity contribution in [2.45, 2.75) is 18.9 Å². The molecule has 1 heterocycles. The molecule has 0 spiro atoms. The van der Waals surface area contributed by atoms with Crippen LogP contribution in [0.4, 0.5) is 5.69 Å². The number of nitrogens with zero attached hydrogens (tertiary/aromatic N) is 1. The molecule has 1 unspecified atom stereocenters. The fourth-order valence-corrected chi connectivity index (χ4v) is 2.81. The number of aliphatic hydroxyl groups excluding tert-OH is 1. The van der Waals surface area contributed by atoms with Gasteiger partial charge in [0.15, 0.2) is 0 Å². The molecule has 0 aliphatic carbocycles. The maximum atomic E-state index is 10.0. The predicted molar refractivity (Wildman–Crippen MR) is 84.8 cm³/mol. The number of ether oxygens (including phenoxy) is 1. The fourth-order valence-electron chi connectivity index (χ4n) is 2.81. The van der Waals surface area contributed by atoms with Crippen LogP contribution in [0.2, 0.25) is 0 Å². The summed E-state index contributed by atoms with van der Waals surface area (Å²) in [4.78, 5) is 2.34. The number of aliphatic hydroxyl groups is 1. The second-order valence-corrected chi connectivity index (χ2v) is 5.37. The van der Waals surface area contributed by atoms with E-state index < -0.39 is 0 Å². The van der Waals surface area contributed by atoms with E-state index in [-0.39, 0.29) is 6.10 Å². The standard InChI is InChI=1S/C18H21NO2/c20-18-11-13-19(17-10-5-4-9-16(17)18)12-6-14-21-15-7-2-1-3-8-15/h1-5,7-10,18,20H,6,11-14H2. The molecule has 1 atom stereocenters. The lowest BCUT2D eigenvalue weighted by Gasteiger charge is -2.33. The van der Waals surface area contributed by atoms with Crippen molar-refractivity contribution in [2.75, 3.05) is 24.6 Å². The summed E-state index contributed by atoms with van der Waals surface area (Å²) in [6, 6.07) is 18.0. The smallest absolute Gasteiger partial charge is 0.119 e. The average Bonchev–Trinajstić information content (AvgIpc) is 2.55. The number of rotatable bonds is 5. The quantitative estimate of drug-likeness (QED) is 0.854. The number of fused-ring (bicyclic) bond motifs is 1. The van der Waals surface area contributed by atoms with Crippen molar-refractivity contribution < 1.29 is 9.84 Å². The third kappa shape index (κ3) is 3.37. The van der Waals surface area contributed by atoms with Gasteiger partial charge in [0.05, 0.1) is 12.7 Å². The topological polar surface area (TPSA) is 32.7 Å². The van der Waals surface area contributed by atoms with E-state index in [4.69, 9.17) is 4.74 Å². The fraction of sp³-hybridized carbons (Fsp3) is 0.333. The summed E-state index contributed by atoms with van der Waals surface area (Å²) in [6.07, 6.45) is 1.45.